The number of hydrogen-bond acceptors (Lipinski definition) is 5. The van der Waals surface area contributed by atoms with E-state index >= 15 is 0 Å². The minimum Gasteiger partial charge on any atom is -0.476 e. The van der Waals surface area contributed by atoms with Crippen LogP contribution in [-0.2, 0) is 6.42 Å². The van der Waals surface area contributed by atoms with E-state index in [1.165, 1.54) is 11.6 Å². The van der Waals surface area contributed by atoms with Crippen LogP contribution < -0.4 is 10.5 Å². The first-order valence-corrected chi connectivity index (χ1v) is 10.2. The molecule has 30 heavy (non-hydrogen) atoms. The second-order valence-electron chi connectivity index (χ2n) is 8.10. The molecule has 1 fully saturated rings. The van der Waals surface area contributed by atoms with E-state index in [4.69, 9.17) is 5.11 Å². The van der Waals surface area contributed by atoms with Gasteiger partial charge in [0.15, 0.2) is 11.5 Å². The number of carboxylic acid groups (broad SMARTS) is 1. The molecule has 2 aliphatic heterocycles. The molecule has 2 aliphatic rings. The Morgan fingerprint density at radius 1 is 1.00 bits per heavy atom. The van der Waals surface area contributed by atoms with Gasteiger partial charge in [0.1, 0.15) is 0 Å². The lowest BCUT2D eigenvalue weighted by molar-refractivity contribution is 0.0689. The number of aromatic nitrogens is 3. The van der Waals surface area contributed by atoms with Crippen LogP contribution in [0.15, 0.2) is 65.5 Å². The smallest absolute Gasteiger partial charge is 0.356 e. The first kappa shape index (κ1) is 18.5. The van der Waals surface area contributed by atoms with Gasteiger partial charge in [-0.25, -0.2) is 4.79 Å². The second-order valence-corrected chi connectivity index (χ2v) is 8.10. The van der Waals surface area contributed by atoms with Crippen LogP contribution in [0.2, 0.25) is 0 Å². The highest BCUT2D eigenvalue weighted by Crippen LogP contribution is 2.43. The average Bonchev–Trinajstić information content (AvgIpc) is 2.77. The molecule has 0 unspecified atom stereocenters. The number of carbonyl (C=O) groups is 1. The Labute approximate surface area is 173 Å². The molecule has 3 atom stereocenters. The van der Waals surface area contributed by atoms with Crippen molar-refractivity contribution in [2.45, 2.75) is 24.8 Å². The number of benzene rings is 1. The molecule has 1 aromatic carbocycles. The molecule has 4 heterocycles. The van der Waals surface area contributed by atoms with Crippen LogP contribution in [-0.4, -0.2) is 38.9 Å². The van der Waals surface area contributed by atoms with Crippen molar-refractivity contribution >= 4 is 11.8 Å². The Bertz CT molecular complexity index is 1130. The van der Waals surface area contributed by atoms with Crippen LogP contribution in [0.1, 0.15) is 40.1 Å². The van der Waals surface area contributed by atoms with Gasteiger partial charge in [0.25, 0.3) is 5.56 Å². The fraction of sp³-hybridized carbons (Fsp3) is 0.304. The number of hydrogen-bond donors (Lipinski definition) is 1. The van der Waals surface area contributed by atoms with Gasteiger partial charge in [-0.2, -0.15) is 0 Å². The molecule has 0 amide bonds. The maximum Gasteiger partial charge on any atom is 0.356 e. The number of aromatic carboxylic acids is 1. The topological polar surface area (TPSA) is 88.3 Å². The Kier molecular flexibility index (Phi) is 4.58. The van der Waals surface area contributed by atoms with E-state index in [0.717, 1.165) is 31.6 Å². The number of anilines is 1. The fourth-order valence-electron chi connectivity index (χ4n) is 4.96. The van der Waals surface area contributed by atoms with Gasteiger partial charge in [0.05, 0.1) is 0 Å². The summed E-state index contributed by atoms with van der Waals surface area (Å²) in [5, 5.41) is 17.1. The number of carboxylic acids is 1. The molecule has 2 aromatic heterocycles. The molecule has 7 heteroatoms. The number of piperidine rings is 1. The number of rotatable bonds is 4. The highest BCUT2D eigenvalue weighted by molar-refractivity contribution is 5.85. The second kappa shape index (κ2) is 7.40. The van der Waals surface area contributed by atoms with Crippen LogP contribution in [0.3, 0.4) is 0 Å². The molecule has 152 valence electrons. The maximum absolute atomic E-state index is 12.8. The van der Waals surface area contributed by atoms with E-state index in [0.29, 0.717) is 5.82 Å². The van der Waals surface area contributed by atoms with Gasteiger partial charge >= 0.3 is 5.97 Å². The van der Waals surface area contributed by atoms with Gasteiger partial charge in [0, 0.05) is 36.8 Å². The van der Waals surface area contributed by atoms with E-state index in [2.05, 4.69) is 33.3 Å². The van der Waals surface area contributed by atoms with Gasteiger partial charge < -0.3 is 14.6 Å². The Morgan fingerprint density at radius 3 is 2.57 bits per heavy atom. The lowest BCUT2D eigenvalue weighted by atomic mass is 9.76. The van der Waals surface area contributed by atoms with Gasteiger partial charge in [-0.15, -0.1) is 10.2 Å². The molecule has 0 radical (unpaired) electrons. The van der Waals surface area contributed by atoms with Crippen molar-refractivity contribution in [3.8, 4) is 0 Å². The highest BCUT2D eigenvalue weighted by Gasteiger charge is 2.40. The summed E-state index contributed by atoms with van der Waals surface area (Å²) in [6.07, 6.45) is 1.82. The van der Waals surface area contributed by atoms with Crippen LogP contribution in [0.4, 0.5) is 5.82 Å². The van der Waals surface area contributed by atoms with Crippen molar-refractivity contribution in [3.05, 3.63) is 88.0 Å². The van der Waals surface area contributed by atoms with Crippen molar-refractivity contribution in [1.82, 2.24) is 14.8 Å². The summed E-state index contributed by atoms with van der Waals surface area (Å²) in [6, 6.07) is 19.1. The zero-order valence-corrected chi connectivity index (χ0v) is 16.4. The average molecular weight is 402 g/mol. The summed E-state index contributed by atoms with van der Waals surface area (Å²) in [5.74, 6) is 0.115. The predicted octanol–water partition coefficient (Wildman–Crippen LogP) is 2.74. The van der Waals surface area contributed by atoms with Gasteiger partial charge in [0.2, 0.25) is 0 Å². The van der Waals surface area contributed by atoms with E-state index in [9.17, 15) is 9.59 Å². The molecule has 0 saturated carbocycles. The first-order chi connectivity index (χ1) is 14.6. The maximum atomic E-state index is 12.8. The fourth-order valence-corrected chi connectivity index (χ4v) is 4.96. The highest BCUT2D eigenvalue weighted by atomic mass is 16.4. The molecule has 0 spiro atoms. The normalized spacial score (nSPS) is 22.4. The van der Waals surface area contributed by atoms with E-state index in [1.807, 2.05) is 28.8 Å². The monoisotopic (exact) mass is 402 g/mol. The molecule has 1 N–H and O–H groups in total. The number of nitrogens with zero attached hydrogens (tertiary/aromatic N) is 4. The lowest BCUT2D eigenvalue weighted by Gasteiger charge is -2.47. The summed E-state index contributed by atoms with van der Waals surface area (Å²) in [7, 11) is 0. The van der Waals surface area contributed by atoms with Gasteiger partial charge in [-0.3, -0.25) is 4.79 Å². The summed E-state index contributed by atoms with van der Waals surface area (Å²) in [4.78, 5) is 26.1. The van der Waals surface area contributed by atoms with Crippen molar-refractivity contribution < 1.29 is 9.90 Å². The first-order valence-electron chi connectivity index (χ1n) is 10.2. The Morgan fingerprint density at radius 2 is 1.83 bits per heavy atom. The zero-order valence-electron chi connectivity index (χ0n) is 16.4. The summed E-state index contributed by atoms with van der Waals surface area (Å²) >= 11 is 0. The quantitative estimate of drug-likeness (QED) is 0.722. The standard InChI is InChI=1S/C23H22N4O3/c28-22-8-4-7-19-16-12-17(20(27(19)22)11-15-5-2-1-3-6-15)14-26(13-16)21-10-9-18(23(29)30)24-25-21/h1-10,16-17,20H,11-14H2,(H,29,30)/t16-,17+,20+/m1/s1. The molecule has 1 saturated heterocycles. The molecular weight excluding hydrogens is 380 g/mol. The molecule has 3 aromatic rings. The molecule has 2 bridgehead atoms. The summed E-state index contributed by atoms with van der Waals surface area (Å²) in [6.45, 7) is 1.50. The Balaban J connectivity index is 1.51. The van der Waals surface area contributed by atoms with Gasteiger partial charge in [-0.05, 0) is 42.5 Å². The van der Waals surface area contributed by atoms with Crippen LogP contribution >= 0.6 is 0 Å². The largest absolute Gasteiger partial charge is 0.476 e. The Hall–Kier alpha value is -3.48. The van der Waals surface area contributed by atoms with Crippen LogP contribution in [0.5, 0.6) is 0 Å². The van der Waals surface area contributed by atoms with Crippen LogP contribution in [0, 0.1) is 5.92 Å². The van der Waals surface area contributed by atoms with E-state index in [-0.39, 0.29) is 29.1 Å². The van der Waals surface area contributed by atoms with E-state index in [1.54, 1.807) is 12.1 Å². The van der Waals surface area contributed by atoms with Crippen molar-refractivity contribution in [3.63, 3.8) is 0 Å². The zero-order chi connectivity index (χ0) is 20.7. The van der Waals surface area contributed by atoms with E-state index < -0.39 is 5.97 Å². The van der Waals surface area contributed by atoms with Crippen molar-refractivity contribution in [1.29, 1.82) is 0 Å². The third kappa shape index (κ3) is 3.26. The number of fused-ring (bicyclic) bond motifs is 4. The number of pyridine rings is 1. The molecular formula is C23H22N4O3. The third-order valence-corrected chi connectivity index (χ3v) is 6.28. The lowest BCUT2D eigenvalue weighted by Crippen LogP contribution is -2.50. The molecule has 5 rings (SSSR count). The predicted molar refractivity (Wildman–Crippen MR) is 112 cm³/mol. The van der Waals surface area contributed by atoms with Gasteiger partial charge in [-0.1, -0.05) is 36.4 Å². The van der Waals surface area contributed by atoms with Crippen molar-refractivity contribution in [2.75, 3.05) is 18.0 Å². The molecule has 7 nitrogen and oxygen atoms in total. The minimum atomic E-state index is -1.08. The summed E-state index contributed by atoms with van der Waals surface area (Å²) in [5.41, 5.74) is 2.28. The minimum absolute atomic E-state index is 0.0576. The summed E-state index contributed by atoms with van der Waals surface area (Å²) < 4.78 is 2.00. The SMILES string of the molecule is O=C(O)c1ccc(N2C[C@H]3C[C@@H](C2)[C@H](Cc2ccccc2)n2c3cccc2=O)nn1. The third-order valence-electron chi connectivity index (χ3n) is 6.28. The van der Waals surface area contributed by atoms with Crippen LogP contribution in [0.25, 0.3) is 0 Å². The van der Waals surface area contributed by atoms with Crippen molar-refractivity contribution in [2.24, 2.45) is 5.92 Å². The molecule has 0 aliphatic carbocycles.